The molecule has 0 unspecified atom stereocenters. The monoisotopic (exact) mass is 294 g/mol. The summed E-state index contributed by atoms with van der Waals surface area (Å²) in [4.78, 5) is 4.52. The third-order valence-electron chi connectivity index (χ3n) is 3.49. The van der Waals surface area contributed by atoms with Gasteiger partial charge in [0.15, 0.2) is 0 Å². The van der Waals surface area contributed by atoms with E-state index in [1.54, 1.807) is 7.11 Å². The number of aromatic nitrogens is 1. The quantitative estimate of drug-likeness (QED) is 0.836. The highest BCUT2D eigenvalue weighted by molar-refractivity contribution is 5.25. The summed E-state index contributed by atoms with van der Waals surface area (Å²) >= 11 is 0. The minimum atomic E-state index is -0.161. The Morgan fingerprint density at radius 2 is 1.81 bits per heavy atom. The zero-order valence-electron chi connectivity index (χ0n) is 14.5. The van der Waals surface area contributed by atoms with Crippen molar-refractivity contribution in [3.05, 3.63) is 23.4 Å². The topological polar surface area (TPSA) is 43.4 Å². The summed E-state index contributed by atoms with van der Waals surface area (Å²) in [6.45, 7) is 14.0. The van der Waals surface area contributed by atoms with Gasteiger partial charge in [0.2, 0.25) is 5.88 Å². The number of pyridine rings is 1. The van der Waals surface area contributed by atoms with Crippen molar-refractivity contribution in [3.63, 3.8) is 0 Å². The van der Waals surface area contributed by atoms with Gasteiger partial charge in [-0.1, -0.05) is 6.07 Å². The van der Waals surface area contributed by atoms with Crippen LogP contribution in [0.1, 0.15) is 52.3 Å². The first-order valence-electron chi connectivity index (χ1n) is 7.52. The number of nitrogens with one attached hydrogen (secondary N) is 1. The minimum Gasteiger partial charge on any atom is -0.478 e. The maximum Gasteiger partial charge on any atom is 0.213 e. The molecule has 1 N–H and O–H groups in total. The highest BCUT2D eigenvalue weighted by atomic mass is 16.5. The fourth-order valence-corrected chi connectivity index (χ4v) is 1.70. The number of methoxy groups -OCH3 is 1. The highest BCUT2D eigenvalue weighted by Gasteiger charge is 2.16. The molecule has 0 aliphatic rings. The predicted molar refractivity (Wildman–Crippen MR) is 86.8 cm³/mol. The lowest BCUT2D eigenvalue weighted by Gasteiger charge is -2.23. The van der Waals surface area contributed by atoms with E-state index in [0.717, 1.165) is 18.7 Å². The molecule has 21 heavy (non-hydrogen) atoms. The maximum absolute atomic E-state index is 5.71. The lowest BCUT2D eigenvalue weighted by molar-refractivity contribution is 0.00507. The van der Waals surface area contributed by atoms with E-state index in [1.807, 2.05) is 13.0 Å². The summed E-state index contributed by atoms with van der Waals surface area (Å²) < 4.78 is 11.1. The van der Waals surface area contributed by atoms with Crippen LogP contribution in [0.5, 0.6) is 5.88 Å². The average Bonchev–Trinajstić information content (AvgIpc) is 2.36. The van der Waals surface area contributed by atoms with E-state index in [9.17, 15) is 0 Å². The summed E-state index contributed by atoms with van der Waals surface area (Å²) in [5.41, 5.74) is 2.16. The molecule has 120 valence electrons. The summed E-state index contributed by atoms with van der Waals surface area (Å²) in [6.07, 6.45) is 0.831. The Balaban J connectivity index is 2.54. The summed E-state index contributed by atoms with van der Waals surface area (Å²) in [5.74, 6) is 0.680. The van der Waals surface area contributed by atoms with Crippen LogP contribution in [0.4, 0.5) is 0 Å². The first kappa shape index (κ1) is 17.9. The van der Waals surface area contributed by atoms with Crippen LogP contribution in [0, 0.1) is 6.92 Å². The first-order valence-corrected chi connectivity index (χ1v) is 7.52. The molecule has 1 aromatic rings. The van der Waals surface area contributed by atoms with Gasteiger partial charge in [-0.3, -0.25) is 0 Å². The first-order chi connectivity index (χ1) is 9.63. The van der Waals surface area contributed by atoms with Gasteiger partial charge in [-0.25, -0.2) is 4.98 Å². The summed E-state index contributed by atoms with van der Waals surface area (Å²) in [5, 5.41) is 3.47. The molecule has 1 aromatic heterocycles. The number of ether oxygens (including phenoxy) is 2. The zero-order chi connectivity index (χ0) is 16.1. The fourth-order valence-electron chi connectivity index (χ4n) is 1.70. The van der Waals surface area contributed by atoms with Crippen LogP contribution in [-0.2, 0) is 11.3 Å². The van der Waals surface area contributed by atoms with E-state index in [4.69, 9.17) is 9.47 Å². The second-order valence-corrected chi connectivity index (χ2v) is 7.06. The van der Waals surface area contributed by atoms with Gasteiger partial charge < -0.3 is 14.8 Å². The van der Waals surface area contributed by atoms with Crippen molar-refractivity contribution in [2.75, 3.05) is 13.7 Å². The van der Waals surface area contributed by atoms with Crippen LogP contribution in [-0.4, -0.2) is 29.8 Å². The molecular weight excluding hydrogens is 264 g/mol. The van der Waals surface area contributed by atoms with E-state index in [-0.39, 0.29) is 11.1 Å². The molecule has 1 rings (SSSR count). The Kier molecular flexibility index (Phi) is 6.17. The van der Waals surface area contributed by atoms with Crippen molar-refractivity contribution in [3.8, 4) is 5.88 Å². The molecular formula is C17H30N2O2. The van der Waals surface area contributed by atoms with Gasteiger partial charge in [-0.05, 0) is 47.1 Å². The van der Waals surface area contributed by atoms with Crippen molar-refractivity contribution in [1.82, 2.24) is 10.3 Å². The van der Waals surface area contributed by atoms with Gasteiger partial charge in [0, 0.05) is 37.4 Å². The number of rotatable bonds is 7. The molecule has 0 amide bonds. The van der Waals surface area contributed by atoms with E-state index in [1.165, 1.54) is 5.56 Å². The van der Waals surface area contributed by atoms with Crippen molar-refractivity contribution in [1.29, 1.82) is 0 Å². The maximum atomic E-state index is 5.71. The summed E-state index contributed by atoms with van der Waals surface area (Å²) in [6, 6.07) is 4.02. The highest BCUT2D eigenvalue weighted by Crippen LogP contribution is 2.16. The fraction of sp³-hybridized carbons (Fsp3) is 0.706. The molecule has 1 heterocycles. The number of aryl methyl sites for hydroxylation is 1. The van der Waals surface area contributed by atoms with Gasteiger partial charge in [-0.2, -0.15) is 0 Å². The molecule has 4 nitrogen and oxygen atoms in total. The SMILES string of the molecule is COC(C)(C)CCOc1ccc(CNC(C)(C)C)c(C)n1. The molecule has 0 spiro atoms. The summed E-state index contributed by atoms with van der Waals surface area (Å²) in [7, 11) is 1.72. The molecule has 0 fully saturated rings. The molecule has 0 atom stereocenters. The second kappa shape index (κ2) is 7.23. The Hall–Kier alpha value is -1.13. The minimum absolute atomic E-state index is 0.105. The van der Waals surface area contributed by atoms with Crippen LogP contribution < -0.4 is 10.1 Å². The molecule has 0 bridgehead atoms. The third kappa shape index (κ3) is 6.91. The Morgan fingerprint density at radius 1 is 1.14 bits per heavy atom. The normalized spacial score (nSPS) is 12.5. The van der Waals surface area contributed by atoms with Gasteiger partial charge in [0.1, 0.15) is 0 Å². The van der Waals surface area contributed by atoms with Gasteiger partial charge in [0.25, 0.3) is 0 Å². The van der Waals surface area contributed by atoms with E-state index in [0.29, 0.717) is 12.5 Å². The largest absolute Gasteiger partial charge is 0.478 e. The molecule has 0 aromatic carbocycles. The van der Waals surface area contributed by atoms with Crippen LogP contribution >= 0.6 is 0 Å². The van der Waals surface area contributed by atoms with Crippen molar-refractivity contribution < 1.29 is 9.47 Å². The van der Waals surface area contributed by atoms with Crippen LogP contribution in [0.2, 0.25) is 0 Å². The third-order valence-corrected chi connectivity index (χ3v) is 3.49. The molecule has 0 aliphatic carbocycles. The molecule has 0 saturated heterocycles. The van der Waals surface area contributed by atoms with E-state index < -0.39 is 0 Å². The van der Waals surface area contributed by atoms with Crippen LogP contribution in [0.15, 0.2) is 12.1 Å². The number of hydrogen-bond donors (Lipinski definition) is 1. The molecule has 0 radical (unpaired) electrons. The van der Waals surface area contributed by atoms with E-state index in [2.05, 4.69) is 51.0 Å². The second-order valence-electron chi connectivity index (χ2n) is 7.06. The van der Waals surface area contributed by atoms with Crippen molar-refractivity contribution in [2.45, 2.75) is 65.6 Å². The lowest BCUT2D eigenvalue weighted by atomic mass is 10.1. The van der Waals surface area contributed by atoms with Gasteiger partial charge in [-0.15, -0.1) is 0 Å². The molecule has 4 heteroatoms. The van der Waals surface area contributed by atoms with Crippen molar-refractivity contribution in [2.24, 2.45) is 0 Å². The number of nitrogens with zero attached hydrogens (tertiary/aromatic N) is 1. The molecule has 0 saturated carbocycles. The van der Waals surface area contributed by atoms with Crippen LogP contribution in [0.25, 0.3) is 0 Å². The van der Waals surface area contributed by atoms with E-state index >= 15 is 0 Å². The Labute approximate surface area is 129 Å². The van der Waals surface area contributed by atoms with Gasteiger partial charge >= 0.3 is 0 Å². The smallest absolute Gasteiger partial charge is 0.213 e. The standard InChI is InChI=1S/C17H30N2O2/c1-13-14(12-18-16(2,3)4)8-9-15(19-13)21-11-10-17(5,6)20-7/h8-9,18H,10-12H2,1-7H3. The Bertz CT molecular complexity index is 451. The zero-order valence-corrected chi connectivity index (χ0v) is 14.5. The Morgan fingerprint density at radius 3 is 2.33 bits per heavy atom. The molecule has 0 aliphatic heterocycles. The van der Waals surface area contributed by atoms with Crippen LogP contribution in [0.3, 0.4) is 0 Å². The predicted octanol–water partition coefficient (Wildman–Crippen LogP) is 3.47. The van der Waals surface area contributed by atoms with Gasteiger partial charge in [0.05, 0.1) is 12.2 Å². The average molecular weight is 294 g/mol. The lowest BCUT2D eigenvalue weighted by Crippen LogP contribution is -2.35. The van der Waals surface area contributed by atoms with Crippen molar-refractivity contribution >= 4 is 0 Å². The number of hydrogen-bond acceptors (Lipinski definition) is 4.